The number of nitrogens with zero attached hydrogens (tertiary/aromatic N) is 1. The van der Waals surface area contributed by atoms with Crippen molar-refractivity contribution < 1.29 is 14.3 Å². The largest absolute Gasteiger partial charge is 0.493 e. The molecule has 31 heavy (non-hydrogen) atoms. The molecular weight excluding hydrogens is 408 g/mol. The lowest BCUT2D eigenvalue weighted by Crippen LogP contribution is -2.34. The number of anilines is 1. The van der Waals surface area contributed by atoms with Crippen molar-refractivity contribution in [2.45, 2.75) is 18.9 Å². The van der Waals surface area contributed by atoms with Gasteiger partial charge in [-0.3, -0.25) is 0 Å². The van der Waals surface area contributed by atoms with Gasteiger partial charge in [-0.25, -0.2) is 4.79 Å². The SMILES string of the molecule is COc1ccc(C2SCCN2C(=O)Nc2ccccc2C)cc1OCc1ccccc1. The number of thioether (sulfide) groups is 1. The number of carbonyl (C=O) groups is 1. The zero-order valence-electron chi connectivity index (χ0n) is 17.7. The van der Waals surface area contributed by atoms with Gasteiger partial charge in [0.05, 0.1) is 7.11 Å². The van der Waals surface area contributed by atoms with E-state index in [4.69, 9.17) is 9.47 Å². The van der Waals surface area contributed by atoms with Gasteiger partial charge < -0.3 is 19.7 Å². The zero-order chi connectivity index (χ0) is 21.6. The highest BCUT2D eigenvalue weighted by molar-refractivity contribution is 7.99. The molecule has 1 N–H and O–H groups in total. The molecule has 5 nitrogen and oxygen atoms in total. The minimum atomic E-state index is -0.0909. The first-order valence-electron chi connectivity index (χ1n) is 10.3. The highest BCUT2D eigenvalue weighted by Gasteiger charge is 2.31. The second kappa shape index (κ2) is 9.79. The van der Waals surface area contributed by atoms with Crippen LogP contribution >= 0.6 is 11.8 Å². The maximum atomic E-state index is 13.0. The van der Waals surface area contributed by atoms with Gasteiger partial charge in [-0.05, 0) is 41.8 Å². The van der Waals surface area contributed by atoms with E-state index in [0.29, 0.717) is 24.7 Å². The van der Waals surface area contributed by atoms with Gasteiger partial charge in [0.2, 0.25) is 0 Å². The Kier molecular flexibility index (Phi) is 6.67. The van der Waals surface area contributed by atoms with Gasteiger partial charge in [0.25, 0.3) is 0 Å². The van der Waals surface area contributed by atoms with E-state index in [1.165, 1.54) is 0 Å². The molecule has 0 aliphatic carbocycles. The standard InChI is InChI=1S/C25H26N2O3S/c1-18-8-6-7-11-21(18)26-25(28)27-14-15-31-24(27)20-12-13-22(29-2)23(16-20)30-17-19-9-4-3-5-10-19/h3-13,16,24H,14-15,17H2,1-2H3,(H,26,28). The first kappa shape index (κ1) is 21.1. The van der Waals surface area contributed by atoms with E-state index in [1.807, 2.05) is 84.6 Å². The van der Waals surface area contributed by atoms with Crippen LogP contribution in [0.15, 0.2) is 72.8 Å². The molecule has 0 bridgehead atoms. The number of amides is 2. The second-order valence-electron chi connectivity index (χ2n) is 7.35. The van der Waals surface area contributed by atoms with Crippen LogP contribution in [-0.4, -0.2) is 30.3 Å². The molecule has 1 saturated heterocycles. The molecule has 1 heterocycles. The first-order chi connectivity index (χ1) is 15.2. The Morgan fingerprint density at radius 2 is 1.84 bits per heavy atom. The molecule has 2 amide bonds. The molecule has 0 aromatic heterocycles. The van der Waals surface area contributed by atoms with Crippen molar-refractivity contribution in [2.24, 2.45) is 0 Å². The lowest BCUT2D eigenvalue weighted by molar-refractivity contribution is 0.214. The summed E-state index contributed by atoms with van der Waals surface area (Å²) in [6.45, 7) is 3.14. The number of para-hydroxylation sites is 1. The van der Waals surface area contributed by atoms with Crippen molar-refractivity contribution in [3.05, 3.63) is 89.5 Å². The maximum Gasteiger partial charge on any atom is 0.323 e. The third-order valence-corrected chi connectivity index (χ3v) is 6.51. The number of methoxy groups -OCH3 is 1. The van der Waals surface area contributed by atoms with Crippen molar-refractivity contribution in [1.82, 2.24) is 4.90 Å². The van der Waals surface area contributed by atoms with Crippen LogP contribution in [-0.2, 0) is 6.61 Å². The van der Waals surface area contributed by atoms with Crippen LogP contribution in [0.4, 0.5) is 10.5 Å². The van der Waals surface area contributed by atoms with E-state index in [-0.39, 0.29) is 11.4 Å². The summed E-state index contributed by atoms with van der Waals surface area (Å²) in [5.74, 6) is 2.24. The third-order valence-electron chi connectivity index (χ3n) is 5.25. The van der Waals surface area contributed by atoms with Crippen LogP contribution in [0.5, 0.6) is 11.5 Å². The fourth-order valence-corrected chi connectivity index (χ4v) is 4.79. The summed E-state index contributed by atoms with van der Waals surface area (Å²) in [5.41, 5.74) is 3.99. The molecule has 6 heteroatoms. The highest BCUT2D eigenvalue weighted by atomic mass is 32.2. The summed E-state index contributed by atoms with van der Waals surface area (Å²) in [6.07, 6.45) is 0. The summed E-state index contributed by atoms with van der Waals surface area (Å²) in [4.78, 5) is 14.9. The number of nitrogens with one attached hydrogen (secondary N) is 1. The molecule has 1 aliphatic heterocycles. The Balaban J connectivity index is 1.52. The van der Waals surface area contributed by atoms with Gasteiger partial charge in [0.15, 0.2) is 11.5 Å². The Morgan fingerprint density at radius 3 is 2.61 bits per heavy atom. The van der Waals surface area contributed by atoms with Crippen molar-refractivity contribution in [3.63, 3.8) is 0 Å². The van der Waals surface area contributed by atoms with E-state index in [9.17, 15) is 4.79 Å². The van der Waals surface area contributed by atoms with Crippen molar-refractivity contribution in [3.8, 4) is 11.5 Å². The first-order valence-corrected chi connectivity index (χ1v) is 11.3. The van der Waals surface area contributed by atoms with Crippen LogP contribution in [0.2, 0.25) is 0 Å². The van der Waals surface area contributed by atoms with Crippen molar-refractivity contribution >= 4 is 23.5 Å². The molecule has 0 radical (unpaired) electrons. The van der Waals surface area contributed by atoms with Crippen molar-refractivity contribution in [1.29, 1.82) is 0 Å². The summed E-state index contributed by atoms with van der Waals surface area (Å²) in [5, 5.41) is 2.98. The van der Waals surface area contributed by atoms with Gasteiger partial charge in [0, 0.05) is 18.0 Å². The zero-order valence-corrected chi connectivity index (χ0v) is 18.5. The quantitative estimate of drug-likeness (QED) is 0.528. The Bertz CT molecular complexity index is 1040. The molecule has 3 aromatic carbocycles. The second-order valence-corrected chi connectivity index (χ2v) is 8.53. The van der Waals surface area contributed by atoms with E-state index in [1.54, 1.807) is 18.9 Å². The van der Waals surface area contributed by atoms with Gasteiger partial charge in [-0.15, -0.1) is 11.8 Å². The summed E-state index contributed by atoms with van der Waals surface area (Å²) in [6, 6.07) is 23.6. The van der Waals surface area contributed by atoms with Crippen LogP contribution in [0, 0.1) is 6.92 Å². The monoisotopic (exact) mass is 434 g/mol. The maximum absolute atomic E-state index is 13.0. The number of hydrogen-bond acceptors (Lipinski definition) is 4. The predicted octanol–water partition coefficient (Wildman–Crippen LogP) is 5.86. The summed E-state index contributed by atoms with van der Waals surface area (Å²) < 4.78 is 11.6. The number of carbonyl (C=O) groups excluding carboxylic acids is 1. The van der Waals surface area contributed by atoms with Crippen LogP contribution in [0.1, 0.15) is 22.1 Å². The van der Waals surface area contributed by atoms with E-state index >= 15 is 0 Å². The predicted molar refractivity (Wildman–Crippen MR) is 126 cm³/mol. The lowest BCUT2D eigenvalue weighted by atomic mass is 10.1. The molecule has 4 rings (SSSR count). The molecule has 1 aliphatic rings. The van der Waals surface area contributed by atoms with Crippen LogP contribution < -0.4 is 14.8 Å². The number of aryl methyl sites for hydroxylation is 1. The molecule has 1 unspecified atom stereocenters. The van der Waals surface area contributed by atoms with Gasteiger partial charge in [0.1, 0.15) is 12.0 Å². The smallest absolute Gasteiger partial charge is 0.323 e. The number of ether oxygens (including phenoxy) is 2. The fourth-order valence-electron chi connectivity index (χ4n) is 3.55. The van der Waals surface area contributed by atoms with Crippen LogP contribution in [0.25, 0.3) is 0 Å². The number of hydrogen-bond donors (Lipinski definition) is 1. The fraction of sp³-hybridized carbons (Fsp3) is 0.240. The average Bonchev–Trinajstić information content (AvgIpc) is 3.30. The topological polar surface area (TPSA) is 50.8 Å². The Labute approximate surface area is 187 Å². The normalized spacial score (nSPS) is 15.5. The van der Waals surface area contributed by atoms with Gasteiger partial charge >= 0.3 is 6.03 Å². The average molecular weight is 435 g/mol. The number of rotatable bonds is 6. The van der Waals surface area contributed by atoms with Crippen molar-refractivity contribution in [2.75, 3.05) is 24.7 Å². The summed E-state index contributed by atoms with van der Waals surface area (Å²) >= 11 is 1.75. The van der Waals surface area contributed by atoms with Gasteiger partial charge in [-0.1, -0.05) is 54.6 Å². The summed E-state index contributed by atoms with van der Waals surface area (Å²) in [7, 11) is 1.64. The Morgan fingerprint density at radius 1 is 1.06 bits per heavy atom. The van der Waals surface area contributed by atoms with Crippen LogP contribution in [0.3, 0.4) is 0 Å². The van der Waals surface area contributed by atoms with E-state index in [0.717, 1.165) is 28.1 Å². The number of benzene rings is 3. The number of urea groups is 1. The lowest BCUT2D eigenvalue weighted by Gasteiger charge is -2.25. The molecule has 0 saturated carbocycles. The molecular formula is C25H26N2O3S. The van der Waals surface area contributed by atoms with E-state index in [2.05, 4.69) is 5.32 Å². The molecule has 160 valence electrons. The molecule has 1 fully saturated rings. The minimum absolute atomic E-state index is 0.0750. The van der Waals surface area contributed by atoms with Gasteiger partial charge in [-0.2, -0.15) is 0 Å². The minimum Gasteiger partial charge on any atom is -0.493 e. The molecule has 3 aromatic rings. The molecule has 1 atom stereocenters. The highest BCUT2D eigenvalue weighted by Crippen LogP contribution is 2.41. The molecule has 0 spiro atoms. The Hall–Kier alpha value is -3.12. The third kappa shape index (κ3) is 4.97. The van der Waals surface area contributed by atoms with E-state index < -0.39 is 0 Å².